The standard InChI is InChI=1S/C15H23ClN2O3/c1-15(2,3)21-14(19)18(4)7-8-20-10-11-5-6-12(17)9-13(11)16/h5-6,9H,7-8,10,17H2,1-4H3. The van der Waals surface area contributed by atoms with Crippen molar-refractivity contribution in [3.63, 3.8) is 0 Å². The van der Waals surface area contributed by atoms with Crippen LogP contribution < -0.4 is 5.73 Å². The van der Waals surface area contributed by atoms with Gasteiger partial charge in [-0.05, 0) is 38.5 Å². The second kappa shape index (κ2) is 7.52. The zero-order valence-electron chi connectivity index (χ0n) is 13.0. The summed E-state index contributed by atoms with van der Waals surface area (Å²) in [6.07, 6.45) is -0.364. The van der Waals surface area contributed by atoms with Gasteiger partial charge in [0.05, 0.1) is 13.2 Å². The van der Waals surface area contributed by atoms with Gasteiger partial charge in [0, 0.05) is 24.3 Å². The van der Waals surface area contributed by atoms with Gasteiger partial charge in [0.1, 0.15) is 5.60 Å². The fourth-order valence-corrected chi connectivity index (χ4v) is 1.74. The number of hydrogen-bond donors (Lipinski definition) is 1. The van der Waals surface area contributed by atoms with E-state index in [1.54, 1.807) is 19.2 Å². The largest absolute Gasteiger partial charge is 0.444 e. The fraction of sp³-hybridized carbons (Fsp3) is 0.533. The van der Waals surface area contributed by atoms with E-state index in [1.165, 1.54) is 4.90 Å². The number of anilines is 1. The van der Waals surface area contributed by atoms with Crippen molar-refractivity contribution in [2.75, 3.05) is 25.9 Å². The quantitative estimate of drug-likeness (QED) is 0.669. The number of likely N-dealkylation sites (N-methyl/N-ethyl adjacent to an activating group) is 1. The average Bonchev–Trinajstić information content (AvgIpc) is 2.34. The highest BCUT2D eigenvalue weighted by Gasteiger charge is 2.19. The first-order valence-corrected chi connectivity index (χ1v) is 7.12. The van der Waals surface area contributed by atoms with Crippen LogP contribution in [-0.2, 0) is 16.1 Å². The number of nitrogen functional groups attached to an aromatic ring is 1. The van der Waals surface area contributed by atoms with Crippen molar-refractivity contribution in [3.05, 3.63) is 28.8 Å². The van der Waals surface area contributed by atoms with E-state index >= 15 is 0 Å². The number of rotatable bonds is 5. The van der Waals surface area contributed by atoms with Gasteiger partial charge >= 0.3 is 6.09 Å². The Bertz CT molecular complexity index is 486. The van der Waals surface area contributed by atoms with Crippen LogP contribution in [0.3, 0.4) is 0 Å². The van der Waals surface area contributed by atoms with Gasteiger partial charge in [-0.1, -0.05) is 17.7 Å². The minimum atomic E-state index is -0.496. The van der Waals surface area contributed by atoms with E-state index in [-0.39, 0.29) is 6.09 Å². The maximum Gasteiger partial charge on any atom is 0.410 e. The molecule has 21 heavy (non-hydrogen) atoms. The number of nitrogens with two attached hydrogens (primary N) is 1. The molecule has 0 heterocycles. The van der Waals surface area contributed by atoms with Crippen LogP contribution in [0.4, 0.5) is 10.5 Å². The highest BCUT2D eigenvalue weighted by Crippen LogP contribution is 2.19. The monoisotopic (exact) mass is 314 g/mol. The molecule has 0 fully saturated rings. The van der Waals surface area contributed by atoms with Crippen LogP contribution in [0.1, 0.15) is 26.3 Å². The van der Waals surface area contributed by atoms with Crippen LogP contribution in [-0.4, -0.2) is 36.8 Å². The van der Waals surface area contributed by atoms with Crippen molar-refractivity contribution < 1.29 is 14.3 Å². The third-order valence-corrected chi connectivity index (χ3v) is 2.96. The third-order valence-electron chi connectivity index (χ3n) is 2.61. The molecule has 0 aliphatic rings. The predicted molar refractivity (Wildman–Crippen MR) is 84.4 cm³/mol. The van der Waals surface area contributed by atoms with Gasteiger partial charge in [-0.2, -0.15) is 0 Å². The molecule has 0 radical (unpaired) electrons. The predicted octanol–water partition coefficient (Wildman–Crippen LogP) is 3.31. The second-order valence-corrected chi connectivity index (χ2v) is 6.21. The smallest absolute Gasteiger partial charge is 0.410 e. The summed E-state index contributed by atoms with van der Waals surface area (Å²) in [5, 5.41) is 0.579. The molecule has 0 spiro atoms. The summed E-state index contributed by atoms with van der Waals surface area (Å²) in [6.45, 7) is 6.72. The molecule has 0 aliphatic carbocycles. The van der Waals surface area contributed by atoms with Crippen molar-refractivity contribution >= 4 is 23.4 Å². The Morgan fingerprint density at radius 2 is 2.05 bits per heavy atom. The molecular weight excluding hydrogens is 292 g/mol. The molecule has 5 nitrogen and oxygen atoms in total. The Labute approximate surface area is 131 Å². The lowest BCUT2D eigenvalue weighted by molar-refractivity contribution is 0.0221. The molecule has 6 heteroatoms. The molecule has 0 saturated carbocycles. The number of benzene rings is 1. The molecule has 1 rings (SSSR count). The van der Waals surface area contributed by atoms with Crippen LogP contribution in [0.2, 0.25) is 5.02 Å². The SMILES string of the molecule is CN(CCOCc1ccc(N)cc1Cl)C(=O)OC(C)(C)C. The van der Waals surface area contributed by atoms with E-state index in [9.17, 15) is 4.79 Å². The number of amides is 1. The molecule has 1 aromatic carbocycles. The fourth-order valence-electron chi connectivity index (χ4n) is 1.50. The van der Waals surface area contributed by atoms with Crippen LogP contribution in [0, 0.1) is 0 Å². The van der Waals surface area contributed by atoms with Gasteiger partial charge in [-0.3, -0.25) is 0 Å². The van der Waals surface area contributed by atoms with E-state index in [0.29, 0.717) is 30.5 Å². The number of carbonyl (C=O) groups is 1. The highest BCUT2D eigenvalue weighted by molar-refractivity contribution is 6.31. The Hall–Kier alpha value is -1.46. The molecule has 0 aromatic heterocycles. The van der Waals surface area contributed by atoms with Crippen molar-refractivity contribution in [2.24, 2.45) is 0 Å². The molecule has 2 N–H and O–H groups in total. The lowest BCUT2D eigenvalue weighted by atomic mass is 10.2. The summed E-state index contributed by atoms with van der Waals surface area (Å²) in [7, 11) is 1.67. The molecule has 0 aliphatic heterocycles. The van der Waals surface area contributed by atoms with Gasteiger partial charge < -0.3 is 20.1 Å². The van der Waals surface area contributed by atoms with E-state index in [4.69, 9.17) is 26.8 Å². The van der Waals surface area contributed by atoms with Gasteiger partial charge in [-0.25, -0.2) is 4.79 Å². The highest BCUT2D eigenvalue weighted by atomic mass is 35.5. The Morgan fingerprint density at radius 1 is 1.38 bits per heavy atom. The summed E-state index contributed by atoms with van der Waals surface area (Å²) < 4.78 is 10.8. The Kier molecular flexibility index (Phi) is 6.30. The third kappa shape index (κ3) is 6.69. The lowest BCUT2D eigenvalue weighted by Gasteiger charge is -2.24. The van der Waals surface area contributed by atoms with Crippen LogP contribution in [0.25, 0.3) is 0 Å². The van der Waals surface area contributed by atoms with Gasteiger partial charge in [0.2, 0.25) is 0 Å². The number of carbonyl (C=O) groups excluding carboxylic acids is 1. The molecular formula is C15H23ClN2O3. The molecule has 0 bridgehead atoms. The molecule has 1 amide bonds. The van der Waals surface area contributed by atoms with E-state index < -0.39 is 5.60 Å². The number of hydrogen-bond acceptors (Lipinski definition) is 4. The van der Waals surface area contributed by atoms with Crippen molar-refractivity contribution in [3.8, 4) is 0 Å². The minimum absolute atomic E-state index is 0.364. The van der Waals surface area contributed by atoms with Crippen molar-refractivity contribution in [2.45, 2.75) is 33.0 Å². The maximum absolute atomic E-state index is 11.7. The molecule has 118 valence electrons. The zero-order valence-corrected chi connectivity index (χ0v) is 13.7. The van der Waals surface area contributed by atoms with Gasteiger partial charge in [0.25, 0.3) is 0 Å². The summed E-state index contributed by atoms with van der Waals surface area (Å²) >= 11 is 6.05. The minimum Gasteiger partial charge on any atom is -0.444 e. The van der Waals surface area contributed by atoms with Gasteiger partial charge in [-0.15, -0.1) is 0 Å². The van der Waals surface area contributed by atoms with E-state index in [0.717, 1.165) is 5.56 Å². The maximum atomic E-state index is 11.7. The molecule has 0 atom stereocenters. The van der Waals surface area contributed by atoms with Crippen LogP contribution >= 0.6 is 11.6 Å². The first-order valence-electron chi connectivity index (χ1n) is 6.75. The summed E-state index contributed by atoms with van der Waals surface area (Å²) in [4.78, 5) is 13.2. The molecule has 0 saturated heterocycles. The topological polar surface area (TPSA) is 64.8 Å². The summed E-state index contributed by atoms with van der Waals surface area (Å²) in [6, 6.07) is 5.29. The Balaban J connectivity index is 2.32. The van der Waals surface area contributed by atoms with E-state index in [1.807, 2.05) is 26.8 Å². The van der Waals surface area contributed by atoms with Crippen LogP contribution in [0.15, 0.2) is 18.2 Å². The Morgan fingerprint density at radius 3 is 2.62 bits per heavy atom. The van der Waals surface area contributed by atoms with Gasteiger partial charge in [0.15, 0.2) is 0 Å². The normalized spacial score (nSPS) is 11.3. The first kappa shape index (κ1) is 17.6. The second-order valence-electron chi connectivity index (χ2n) is 5.81. The lowest BCUT2D eigenvalue weighted by Crippen LogP contribution is -2.36. The number of halogens is 1. The first-order chi connectivity index (χ1) is 9.69. The van der Waals surface area contributed by atoms with E-state index in [2.05, 4.69) is 0 Å². The van der Waals surface area contributed by atoms with Crippen molar-refractivity contribution in [1.82, 2.24) is 4.90 Å². The zero-order chi connectivity index (χ0) is 16.0. The average molecular weight is 315 g/mol. The molecule has 0 unspecified atom stereocenters. The van der Waals surface area contributed by atoms with Crippen molar-refractivity contribution in [1.29, 1.82) is 0 Å². The summed E-state index contributed by atoms with van der Waals surface area (Å²) in [5.41, 5.74) is 6.61. The van der Waals surface area contributed by atoms with Crippen LogP contribution in [0.5, 0.6) is 0 Å². The number of ether oxygens (including phenoxy) is 2. The molecule has 1 aromatic rings. The number of nitrogens with zero attached hydrogens (tertiary/aromatic N) is 1. The summed E-state index contributed by atoms with van der Waals surface area (Å²) in [5.74, 6) is 0.